The molecule has 0 radical (unpaired) electrons. The number of nitrogens with one attached hydrogen (secondary N) is 2. The van der Waals surface area contributed by atoms with E-state index in [9.17, 15) is 21.6 Å². The quantitative estimate of drug-likeness (QED) is 0.285. The van der Waals surface area contributed by atoms with Crippen LogP contribution in [-0.2, 0) is 24.8 Å². The van der Waals surface area contributed by atoms with E-state index in [1.165, 1.54) is 36.4 Å². The van der Waals surface area contributed by atoms with Gasteiger partial charge in [-0.1, -0.05) is 54.1 Å². The monoisotopic (exact) mass is 569 g/mol. The first kappa shape index (κ1) is 27.2. The number of carbonyl (C=O) groups is 1. The first-order valence-electron chi connectivity index (χ1n) is 11.4. The average Bonchev–Trinajstić information content (AvgIpc) is 2.90. The molecule has 0 aromatic heterocycles. The van der Waals surface area contributed by atoms with Crippen molar-refractivity contribution in [2.75, 3.05) is 20.9 Å². The minimum Gasteiger partial charge on any atom is -0.325 e. The molecule has 4 aromatic rings. The zero-order valence-corrected chi connectivity index (χ0v) is 22.6. The number of hydrogen-bond donors (Lipinski definition) is 2. The second-order valence-corrected chi connectivity index (χ2v) is 12.2. The van der Waals surface area contributed by atoms with Gasteiger partial charge in [-0.2, -0.15) is 0 Å². The molecule has 0 unspecified atom stereocenters. The highest BCUT2D eigenvalue weighted by atomic mass is 35.5. The van der Waals surface area contributed by atoms with Crippen LogP contribution in [0.5, 0.6) is 0 Å². The first-order chi connectivity index (χ1) is 18.1. The first-order valence-corrected chi connectivity index (χ1v) is 14.7. The largest absolute Gasteiger partial charge is 0.325 e. The third-order valence-electron chi connectivity index (χ3n) is 5.60. The molecule has 8 nitrogen and oxygen atoms in total. The molecule has 2 N–H and O–H groups in total. The van der Waals surface area contributed by atoms with E-state index in [0.717, 1.165) is 4.31 Å². The minimum absolute atomic E-state index is 0.00202. The van der Waals surface area contributed by atoms with Crippen molar-refractivity contribution in [3.05, 3.63) is 114 Å². The predicted molar refractivity (Wildman–Crippen MR) is 149 cm³/mol. The SMILES string of the molecule is Cc1c(Cl)cccc1N(CC(=O)Nc1ccc(S(=O)(=O)Nc2ccccc2)cc1)S(=O)(=O)c1ccccc1. The van der Waals surface area contributed by atoms with Gasteiger partial charge in [0.15, 0.2) is 0 Å². The third kappa shape index (κ3) is 6.16. The fourth-order valence-corrected chi connectivity index (χ4v) is 6.38. The van der Waals surface area contributed by atoms with Crippen LogP contribution < -0.4 is 14.3 Å². The van der Waals surface area contributed by atoms with Crippen molar-refractivity contribution < 1.29 is 21.6 Å². The smallest absolute Gasteiger partial charge is 0.264 e. The zero-order chi connectivity index (χ0) is 27.3. The topological polar surface area (TPSA) is 113 Å². The van der Waals surface area contributed by atoms with Crippen molar-refractivity contribution in [1.29, 1.82) is 0 Å². The Bertz CT molecular complexity index is 1650. The maximum Gasteiger partial charge on any atom is 0.264 e. The number of rotatable bonds is 9. The number of hydrogen-bond acceptors (Lipinski definition) is 5. The van der Waals surface area contributed by atoms with Gasteiger partial charge in [-0.15, -0.1) is 0 Å². The van der Waals surface area contributed by atoms with E-state index in [2.05, 4.69) is 10.0 Å². The highest BCUT2D eigenvalue weighted by Gasteiger charge is 2.28. The number of halogens is 1. The summed E-state index contributed by atoms with van der Waals surface area (Å²) in [6.45, 7) is 1.14. The molecule has 4 rings (SSSR count). The van der Waals surface area contributed by atoms with Gasteiger partial charge in [-0.05, 0) is 73.2 Å². The lowest BCUT2D eigenvalue weighted by Gasteiger charge is -2.26. The maximum absolute atomic E-state index is 13.5. The van der Waals surface area contributed by atoms with E-state index >= 15 is 0 Å². The van der Waals surface area contributed by atoms with Crippen LogP contribution in [-0.4, -0.2) is 29.3 Å². The van der Waals surface area contributed by atoms with E-state index < -0.39 is 32.5 Å². The predicted octanol–water partition coefficient (Wildman–Crippen LogP) is 5.28. The van der Waals surface area contributed by atoms with Crippen LogP contribution in [0.15, 0.2) is 113 Å². The van der Waals surface area contributed by atoms with Crippen LogP contribution in [0.4, 0.5) is 17.1 Å². The Morgan fingerprint density at radius 3 is 1.97 bits per heavy atom. The summed E-state index contributed by atoms with van der Waals surface area (Å²) < 4.78 is 55.8. The van der Waals surface area contributed by atoms with Gasteiger partial charge in [0.05, 0.1) is 15.5 Å². The summed E-state index contributed by atoms with van der Waals surface area (Å²) in [6, 6.07) is 26.6. The Labute approximate surface area is 227 Å². The van der Waals surface area contributed by atoms with E-state index in [0.29, 0.717) is 22.0 Å². The molecule has 0 saturated heterocycles. The fourth-order valence-electron chi connectivity index (χ4n) is 3.65. The number of nitrogens with zero attached hydrogens (tertiary/aromatic N) is 1. The normalized spacial score (nSPS) is 11.5. The molecule has 0 atom stereocenters. The van der Waals surface area contributed by atoms with E-state index in [-0.39, 0.29) is 15.5 Å². The molecule has 0 saturated carbocycles. The highest BCUT2D eigenvalue weighted by Crippen LogP contribution is 2.31. The summed E-state index contributed by atoms with van der Waals surface area (Å²) in [5, 5.41) is 2.99. The van der Waals surface area contributed by atoms with Gasteiger partial charge >= 0.3 is 0 Å². The number of anilines is 3. The van der Waals surface area contributed by atoms with Gasteiger partial charge < -0.3 is 5.32 Å². The van der Waals surface area contributed by atoms with Crippen molar-refractivity contribution in [3.63, 3.8) is 0 Å². The second-order valence-electron chi connectivity index (χ2n) is 8.25. The van der Waals surface area contributed by atoms with Crippen LogP contribution in [0.1, 0.15) is 5.56 Å². The lowest BCUT2D eigenvalue weighted by Crippen LogP contribution is -2.38. The summed E-state index contributed by atoms with van der Waals surface area (Å²) in [7, 11) is -7.95. The third-order valence-corrected chi connectivity index (χ3v) is 9.18. The van der Waals surface area contributed by atoms with Crippen LogP contribution in [0.2, 0.25) is 5.02 Å². The number of sulfonamides is 2. The molecule has 0 aliphatic heterocycles. The molecule has 196 valence electrons. The molecule has 0 bridgehead atoms. The molecule has 0 fully saturated rings. The minimum atomic E-state index is -4.11. The van der Waals surface area contributed by atoms with Gasteiger partial charge in [0.25, 0.3) is 20.0 Å². The highest BCUT2D eigenvalue weighted by molar-refractivity contribution is 7.93. The van der Waals surface area contributed by atoms with Crippen LogP contribution >= 0.6 is 11.6 Å². The second kappa shape index (κ2) is 11.3. The summed E-state index contributed by atoms with van der Waals surface area (Å²) in [5.74, 6) is -0.623. The Morgan fingerprint density at radius 2 is 1.34 bits per heavy atom. The van der Waals surface area contributed by atoms with E-state index in [1.807, 2.05) is 0 Å². The zero-order valence-electron chi connectivity index (χ0n) is 20.2. The van der Waals surface area contributed by atoms with Gasteiger partial charge in [-0.3, -0.25) is 13.8 Å². The Hall–Kier alpha value is -3.86. The van der Waals surface area contributed by atoms with Gasteiger partial charge in [0.1, 0.15) is 6.54 Å². The lowest BCUT2D eigenvalue weighted by atomic mass is 10.2. The Morgan fingerprint density at radius 1 is 0.737 bits per heavy atom. The van der Waals surface area contributed by atoms with Gasteiger partial charge in [-0.25, -0.2) is 16.8 Å². The molecular weight excluding hydrogens is 546 g/mol. The number of benzene rings is 4. The van der Waals surface area contributed by atoms with E-state index in [4.69, 9.17) is 11.6 Å². The summed E-state index contributed by atoms with van der Waals surface area (Å²) in [5.41, 5.74) is 1.49. The molecule has 38 heavy (non-hydrogen) atoms. The van der Waals surface area contributed by atoms with Crippen molar-refractivity contribution in [3.8, 4) is 0 Å². The number of carbonyl (C=O) groups excluding carboxylic acids is 1. The Kier molecular flexibility index (Phi) is 8.05. The standard InChI is InChI=1S/C27H24ClN3O5S2/c1-20-25(28)13-8-14-26(20)31(38(35,36)24-11-6-3-7-12-24)19-27(32)29-21-15-17-23(18-16-21)37(33,34)30-22-9-4-2-5-10-22/h2-18,30H,19H2,1H3,(H,29,32). The molecule has 11 heteroatoms. The summed E-state index contributed by atoms with van der Waals surface area (Å²) in [6.07, 6.45) is 0. The lowest BCUT2D eigenvalue weighted by molar-refractivity contribution is -0.114. The number of para-hydroxylation sites is 1. The maximum atomic E-state index is 13.5. The Balaban J connectivity index is 1.56. The molecule has 0 heterocycles. The summed E-state index contributed by atoms with van der Waals surface area (Å²) in [4.78, 5) is 13.0. The van der Waals surface area contributed by atoms with Gasteiger partial charge in [0, 0.05) is 16.4 Å². The van der Waals surface area contributed by atoms with Crippen molar-refractivity contribution in [2.24, 2.45) is 0 Å². The molecule has 0 aliphatic rings. The van der Waals surface area contributed by atoms with Crippen LogP contribution in [0.3, 0.4) is 0 Å². The molecule has 4 aromatic carbocycles. The fraction of sp³-hybridized carbons (Fsp3) is 0.0741. The van der Waals surface area contributed by atoms with Gasteiger partial charge in [0.2, 0.25) is 5.91 Å². The molecule has 0 aliphatic carbocycles. The number of amides is 1. The summed E-state index contributed by atoms with van der Waals surface area (Å²) >= 11 is 6.25. The van der Waals surface area contributed by atoms with Crippen LogP contribution in [0, 0.1) is 6.92 Å². The average molecular weight is 570 g/mol. The molecule has 1 amide bonds. The van der Waals surface area contributed by atoms with E-state index in [1.54, 1.807) is 73.7 Å². The van der Waals surface area contributed by atoms with Crippen LogP contribution in [0.25, 0.3) is 0 Å². The van der Waals surface area contributed by atoms with Crippen molar-refractivity contribution in [1.82, 2.24) is 0 Å². The molecule has 0 spiro atoms. The van der Waals surface area contributed by atoms with Crippen molar-refractivity contribution in [2.45, 2.75) is 16.7 Å². The van der Waals surface area contributed by atoms with Crippen molar-refractivity contribution >= 4 is 54.6 Å². The molecular formula is C27H24ClN3O5S2.